The Morgan fingerprint density at radius 2 is 2.17 bits per heavy atom. The number of likely N-dealkylation sites (tertiary alicyclic amines) is 1. The summed E-state index contributed by atoms with van der Waals surface area (Å²) in [5.41, 5.74) is 1.12. The van der Waals surface area contributed by atoms with E-state index in [1.54, 1.807) is 4.90 Å². The molecular weight excluding hydrogens is 226 g/mol. The summed E-state index contributed by atoms with van der Waals surface area (Å²) in [6, 6.07) is 10.0. The largest absolute Gasteiger partial charge is 0.347 e. The van der Waals surface area contributed by atoms with Gasteiger partial charge in [-0.15, -0.1) is 0 Å². The van der Waals surface area contributed by atoms with Gasteiger partial charge in [0.05, 0.1) is 6.61 Å². The van der Waals surface area contributed by atoms with E-state index < -0.39 is 12.8 Å². The lowest BCUT2D eigenvalue weighted by atomic mass is 10.1. The van der Waals surface area contributed by atoms with E-state index in [1.165, 1.54) is 0 Å². The molecule has 3 nitrogen and oxygen atoms in total. The number of hydrogen-bond acceptors (Lipinski definition) is 3. The molecule has 0 amide bonds. The minimum atomic E-state index is -2.02. The average Bonchev–Trinajstić information content (AvgIpc) is 2.74. The first-order valence-corrected chi connectivity index (χ1v) is 6.60. The molecule has 2 saturated heterocycles. The van der Waals surface area contributed by atoms with Gasteiger partial charge in [0, 0.05) is 23.5 Å². The molecule has 98 valence electrons. The van der Waals surface area contributed by atoms with Crippen molar-refractivity contribution >= 4 is 0 Å². The van der Waals surface area contributed by atoms with Gasteiger partial charge in [-0.2, -0.15) is 0 Å². The van der Waals surface area contributed by atoms with Crippen LogP contribution in [0.15, 0.2) is 30.3 Å². The molecule has 2 heterocycles. The van der Waals surface area contributed by atoms with Crippen LogP contribution in [0.3, 0.4) is 0 Å². The van der Waals surface area contributed by atoms with Gasteiger partial charge in [0.25, 0.3) is 0 Å². The van der Waals surface area contributed by atoms with Gasteiger partial charge in [-0.1, -0.05) is 30.3 Å². The van der Waals surface area contributed by atoms with Crippen LogP contribution < -0.4 is 0 Å². The van der Waals surface area contributed by atoms with E-state index in [0.717, 1.165) is 18.4 Å². The van der Waals surface area contributed by atoms with E-state index in [9.17, 15) is 0 Å². The van der Waals surface area contributed by atoms with Crippen molar-refractivity contribution in [2.75, 3.05) is 26.7 Å². The Hall–Kier alpha value is -0.900. The smallest absolute Gasteiger partial charge is 0.170 e. The molecule has 0 aliphatic carbocycles. The SMILES string of the molecule is [2H]C([2H])([2H])N1CCCC2(CC1)OC[C@@H](c1ccccc1)O2. The van der Waals surface area contributed by atoms with E-state index in [-0.39, 0.29) is 6.10 Å². The summed E-state index contributed by atoms with van der Waals surface area (Å²) >= 11 is 0. The van der Waals surface area contributed by atoms with Crippen LogP contribution in [0.2, 0.25) is 0 Å². The van der Waals surface area contributed by atoms with Crippen molar-refractivity contribution in [1.29, 1.82) is 0 Å². The highest BCUT2D eigenvalue weighted by molar-refractivity contribution is 5.18. The number of rotatable bonds is 1. The van der Waals surface area contributed by atoms with Crippen LogP contribution in [0.25, 0.3) is 0 Å². The monoisotopic (exact) mass is 250 g/mol. The minimum absolute atomic E-state index is 0.0505. The fourth-order valence-electron chi connectivity index (χ4n) is 2.73. The van der Waals surface area contributed by atoms with Gasteiger partial charge in [0.2, 0.25) is 0 Å². The maximum Gasteiger partial charge on any atom is 0.170 e. The number of hydrogen-bond donors (Lipinski definition) is 0. The van der Waals surface area contributed by atoms with Crippen LogP contribution in [0.1, 0.15) is 35.0 Å². The highest BCUT2D eigenvalue weighted by atomic mass is 16.7. The van der Waals surface area contributed by atoms with Crippen LogP contribution >= 0.6 is 0 Å². The molecule has 0 N–H and O–H groups in total. The molecule has 0 bridgehead atoms. The summed E-state index contributed by atoms with van der Waals surface area (Å²) in [6.45, 7) is -0.431. The molecule has 3 rings (SSSR count). The third-order valence-electron chi connectivity index (χ3n) is 3.77. The highest BCUT2D eigenvalue weighted by Gasteiger charge is 2.42. The van der Waals surface area contributed by atoms with Gasteiger partial charge in [-0.3, -0.25) is 0 Å². The summed E-state index contributed by atoms with van der Waals surface area (Å²) in [6.07, 6.45) is 2.09. The van der Waals surface area contributed by atoms with Crippen molar-refractivity contribution in [2.24, 2.45) is 0 Å². The van der Waals surface area contributed by atoms with E-state index in [2.05, 4.69) is 0 Å². The van der Waals surface area contributed by atoms with Crippen molar-refractivity contribution in [3.8, 4) is 0 Å². The van der Waals surface area contributed by atoms with Crippen molar-refractivity contribution in [3.05, 3.63) is 35.9 Å². The van der Waals surface area contributed by atoms with Crippen LogP contribution in [-0.2, 0) is 9.47 Å². The van der Waals surface area contributed by atoms with Crippen LogP contribution in [0.4, 0.5) is 0 Å². The van der Waals surface area contributed by atoms with Crippen molar-refractivity contribution in [3.63, 3.8) is 0 Å². The molecular formula is C15H21NO2. The molecule has 2 atom stereocenters. The third-order valence-corrected chi connectivity index (χ3v) is 3.77. The second kappa shape index (κ2) is 5.00. The minimum Gasteiger partial charge on any atom is -0.347 e. The van der Waals surface area contributed by atoms with E-state index in [0.29, 0.717) is 26.1 Å². The predicted octanol–water partition coefficient (Wildman–Crippen LogP) is 2.59. The molecule has 0 aromatic heterocycles. The molecule has 1 spiro atoms. The molecule has 1 unspecified atom stereocenters. The van der Waals surface area contributed by atoms with Gasteiger partial charge in [0.15, 0.2) is 5.79 Å². The molecule has 18 heavy (non-hydrogen) atoms. The second-order valence-corrected chi connectivity index (χ2v) is 5.08. The molecule has 3 heteroatoms. The van der Waals surface area contributed by atoms with Gasteiger partial charge in [-0.05, 0) is 25.5 Å². The predicted molar refractivity (Wildman–Crippen MR) is 70.3 cm³/mol. The Bertz CT molecular complexity index is 480. The molecule has 0 saturated carbocycles. The standard InChI is InChI=1S/C15H21NO2/c1-16-10-5-8-15(9-11-16)17-12-14(18-15)13-6-3-2-4-7-13/h2-4,6-7,14H,5,8-12H2,1H3/t14-,15?/m0/s1/i1D3. The van der Waals surface area contributed by atoms with Crippen LogP contribution in [-0.4, -0.2) is 37.4 Å². The summed E-state index contributed by atoms with van der Waals surface area (Å²) in [4.78, 5) is 1.55. The Kier molecular flexibility index (Phi) is 2.52. The first-order chi connectivity index (χ1) is 9.99. The first kappa shape index (κ1) is 9.08. The quantitative estimate of drug-likeness (QED) is 0.764. The van der Waals surface area contributed by atoms with Gasteiger partial charge < -0.3 is 14.4 Å². The number of ether oxygens (including phenoxy) is 2. The van der Waals surface area contributed by atoms with E-state index >= 15 is 0 Å². The zero-order valence-electron chi connectivity index (χ0n) is 13.5. The molecule has 2 fully saturated rings. The summed E-state index contributed by atoms with van der Waals surface area (Å²) in [5, 5.41) is 0. The Morgan fingerprint density at radius 1 is 1.28 bits per heavy atom. The van der Waals surface area contributed by atoms with E-state index in [4.69, 9.17) is 13.6 Å². The maximum atomic E-state index is 7.53. The Morgan fingerprint density at radius 3 is 3.00 bits per heavy atom. The lowest BCUT2D eigenvalue weighted by Crippen LogP contribution is -2.31. The van der Waals surface area contributed by atoms with Gasteiger partial charge >= 0.3 is 0 Å². The van der Waals surface area contributed by atoms with E-state index in [1.807, 2.05) is 30.3 Å². The Labute approximate surface area is 113 Å². The summed E-state index contributed by atoms with van der Waals surface area (Å²) in [5.74, 6) is -0.611. The second-order valence-electron chi connectivity index (χ2n) is 5.08. The Balaban J connectivity index is 1.67. The summed E-state index contributed by atoms with van der Waals surface area (Å²) in [7, 11) is 0. The van der Waals surface area contributed by atoms with Crippen molar-refractivity contribution in [1.82, 2.24) is 4.90 Å². The van der Waals surface area contributed by atoms with Gasteiger partial charge in [-0.25, -0.2) is 0 Å². The van der Waals surface area contributed by atoms with Crippen molar-refractivity contribution in [2.45, 2.75) is 31.2 Å². The zero-order chi connectivity index (χ0) is 14.9. The van der Waals surface area contributed by atoms with Gasteiger partial charge in [0.1, 0.15) is 6.10 Å². The first-order valence-electron chi connectivity index (χ1n) is 8.10. The lowest BCUT2D eigenvalue weighted by molar-refractivity contribution is -0.175. The molecule has 2 aliphatic heterocycles. The highest BCUT2D eigenvalue weighted by Crippen LogP contribution is 2.39. The molecule has 2 aliphatic rings. The number of nitrogens with zero attached hydrogens (tertiary/aromatic N) is 1. The molecule has 1 aromatic rings. The third kappa shape index (κ3) is 2.44. The van der Waals surface area contributed by atoms with Crippen molar-refractivity contribution < 1.29 is 13.6 Å². The maximum absolute atomic E-state index is 7.53. The molecule has 0 radical (unpaired) electrons. The number of benzene rings is 1. The van der Waals surface area contributed by atoms with Crippen LogP contribution in [0, 0.1) is 0 Å². The summed E-state index contributed by atoms with van der Waals surface area (Å²) < 4.78 is 34.7. The molecule has 1 aromatic carbocycles. The fourth-order valence-corrected chi connectivity index (χ4v) is 2.73. The zero-order valence-corrected chi connectivity index (χ0v) is 10.5. The van der Waals surface area contributed by atoms with Crippen LogP contribution in [0.5, 0.6) is 0 Å². The average molecular weight is 250 g/mol. The topological polar surface area (TPSA) is 21.7 Å². The lowest BCUT2D eigenvalue weighted by Gasteiger charge is -2.26. The normalized spacial score (nSPS) is 36.9. The fraction of sp³-hybridized carbons (Fsp3) is 0.600.